The normalized spacial score (nSPS) is 34.0. The molecule has 0 radical (unpaired) electrons. The predicted molar refractivity (Wildman–Crippen MR) is 65.1 cm³/mol. The summed E-state index contributed by atoms with van der Waals surface area (Å²) in [7, 11) is 1.78. The van der Waals surface area contributed by atoms with Crippen LogP contribution in [0, 0.1) is 11.8 Å². The summed E-state index contributed by atoms with van der Waals surface area (Å²) >= 11 is 0. The lowest BCUT2D eigenvalue weighted by molar-refractivity contribution is 0.160. The van der Waals surface area contributed by atoms with Gasteiger partial charge < -0.3 is 10.1 Å². The molecule has 0 aromatic rings. The molecule has 15 heavy (non-hydrogen) atoms. The fraction of sp³-hybridized carbons (Fsp3) is 1.00. The molecule has 1 N–H and O–H groups in total. The Hall–Kier alpha value is -0.0800. The van der Waals surface area contributed by atoms with Gasteiger partial charge in [-0.2, -0.15) is 0 Å². The van der Waals surface area contributed by atoms with E-state index in [0.29, 0.717) is 12.1 Å². The van der Waals surface area contributed by atoms with Crippen LogP contribution in [0.3, 0.4) is 0 Å². The first-order chi connectivity index (χ1) is 7.15. The summed E-state index contributed by atoms with van der Waals surface area (Å²) in [5, 5.41) is 3.77. The van der Waals surface area contributed by atoms with Crippen molar-refractivity contribution in [3.8, 4) is 0 Å². The van der Waals surface area contributed by atoms with Crippen LogP contribution < -0.4 is 5.32 Å². The predicted octanol–water partition coefficient (Wildman–Crippen LogP) is 2.83. The van der Waals surface area contributed by atoms with Crippen LogP contribution >= 0.6 is 0 Å². The van der Waals surface area contributed by atoms with Crippen LogP contribution in [-0.4, -0.2) is 25.8 Å². The first-order valence-electron chi connectivity index (χ1n) is 6.40. The number of rotatable bonds is 5. The lowest BCUT2D eigenvalue weighted by atomic mass is 9.78. The van der Waals surface area contributed by atoms with Crippen LogP contribution in [-0.2, 0) is 4.74 Å². The molecule has 1 aliphatic rings. The first kappa shape index (κ1) is 13.0. The van der Waals surface area contributed by atoms with Gasteiger partial charge in [0.25, 0.3) is 0 Å². The number of nitrogens with one attached hydrogen (secondary N) is 1. The molecule has 0 bridgehead atoms. The standard InChI is InChI=1S/C13H27NO/c1-10-6-5-7-11(2)13(10)14-12(3)8-9-15-4/h10-14H,5-9H2,1-4H3. The van der Waals surface area contributed by atoms with Gasteiger partial charge in [-0.05, 0) is 38.0 Å². The number of hydrogen-bond acceptors (Lipinski definition) is 2. The van der Waals surface area contributed by atoms with Crippen LogP contribution in [0.25, 0.3) is 0 Å². The molecular weight excluding hydrogens is 186 g/mol. The Kier molecular flexibility index (Phi) is 5.62. The number of methoxy groups -OCH3 is 1. The van der Waals surface area contributed by atoms with Crippen LogP contribution in [0.15, 0.2) is 0 Å². The second-order valence-electron chi connectivity index (χ2n) is 5.26. The Morgan fingerprint density at radius 1 is 1.27 bits per heavy atom. The van der Waals surface area contributed by atoms with Crippen molar-refractivity contribution >= 4 is 0 Å². The fourth-order valence-corrected chi connectivity index (χ4v) is 2.72. The largest absolute Gasteiger partial charge is 0.385 e. The third-order valence-corrected chi connectivity index (χ3v) is 3.78. The van der Waals surface area contributed by atoms with Crippen LogP contribution in [0.2, 0.25) is 0 Å². The Balaban J connectivity index is 2.33. The third kappa shape index (κ3) is 4.12. The Morgan fingerprint density at radius 2 is 1.87 bits per heavy atom. The molecule has 0 amide bonds. The van der Waals surface area contributed by atoms with Crippen molar-refractivity contribution in [2.75, 3.05) is 13.7 Å². The van der Waals surface area contributed by atoms with Gasteiger partial charge in [0, 0.05) is 25.8 Å². The molecule has 0 aliphatic heterocycles. The highest BCUT2D eigenvalue weighted by molar-refractivity contribution is 4.84. The van der Waals surface area contributed by atoms with E-state index in [2.05, 4.69) is 26.1 Å². The average Bonchev–Trinajstić information content (AvgIpc) is 2.21. The fourth-order valence-electron chi connectivity index (χ4n) is 2.72. The van der Waals surface area contributed by atoms with E-state index in [0.717, 1.165) is 24.9 Å². The van der Waals surface area contributed by atoms with Gasteiger partial charge in [-0.15, -0.1) is 0 Å². The van der Waals surface area contributed by atoms with Crippen molar-refractivity contribution in [3.05, 3.63) is 0 Å². The summed E-state index contributed by atoms with van der Waals surface area (Å²) in [5.74, 6) is 1.66. The van der Waals surface area contributed by atoms with Crippen LogP contribution in [0.5, 0.6) is 0 Å². The van der Waals surface area contributed by atoms with Gasteiger partial charge in [0.1, 0.15) is 0 Å². The van der Waals surface area contributed by atoms with Gasteiger partial charge >= 0.3 is 0 Å². The molecule has 1 fully saturated rings. The van der Waals surface area contributed by atoms with Crippen molar-refractivity contribution in [1.29, 1.82) is 0 Å². The minimum absolute atomic E-state index is 0.581. The summed E-state index contributed by atoms with van der Waals surface area (Å²) in [4.78, 5) is 0. The van der Waals surface area contributed by atoms with Gasteiger partial charge in [-0.3, -0.25) is 0 Å². The Labute approximate surface area is 94.8 Å². The molecule has 2 nitrogen and oxygen atoms in total. The molecule has 1 saturated carbocycles. The first-order valence-corrected chi connectivity index (χ1v) is 6.40. The molecule has 2 heteroatoms. The maximum Gasteiger partial charge on any atom is 0.0476 e. The monoisotopic (exact) mass is 213 g/mol. The number of ether oxygens (including phenoxy) is 1. The van der Waals surface area contributed by atoms with Crippen molar-refractivity contribution < 1.29 is 4.74 Å². The quantitative estimate of drug-likeness (QED) is 0.758. The lowest BCUT2D eigenvalue weighted by Gasteiger charge is -2.37. The van der Waals surface area contributed by atoms with Crippen molar-refractivity contribution in [2.24, 2.45) is 11.8 Å². The lowest BCUT2D eigenvalue weighted by Crippen LogP contribution is -2.47. The van der Waals surface area contributed by atoms with Gasteiger partial charge in [-0.1, -0.05) is 20.3 Å². The maximum absolute atomic E-state index is 5.12. The second-order valence-corrected chi connectivity index (χ2v) is 5.26. The molecule has 0 spiro atoms. The minimum atomic E-state index is 0.581. The second kappa shape index (κ2) is 6.49. The van der Waals surface area contributed by atoms with Crippen molar-refractivity contribution in [2.45, 2.75) is 58.5 Å². The highest BCUT2D eigenvalue weighted by Crippen LogP contribution is 2.29. The maximum atomic E-state index is 5.12. The van der Waals surface area contributed by atoms with E-state index in [1.165, 1.54) is 19.3 Å². The third-order valence-electron chi connectivity index (χ3n) is 3.78. The highest BCUT2D eigenvalue weighted by atomic mass is 16.5. The Morgan fingerprint density at radius 3 is 2.40 bits per heavy atom. The summed E-state index contributed by atoms with van der Waals surface area (Å²) in [6.45, 7) is 7.91. The zero-order valence-electron chi connectivity index (χ0n) is 10.8. The average molecular weight is 213 g/mol. The molecular formula is C13H27NO. The topological polar surface area (TPSA) is 21.3 Å². The molecule has 1 aliphatic carbocycles. The zero-order chi connectivity index (χ0) is 11.3. The molecule has 0 aromatic carbocycles. The molecule has 3 atom stereocenters. The van der Waals surface area contributed by atoms with Gasteiger partial charge in [0.2, 0.25) is 0 Å². The molecule has 0 heterocycles. The SMILES string of the molecule is COCCC(C)NC1C(C)CCCC1C. The van der Waals surface area contributed by atoms with Gasteiger partial charge in [-0.25, -0.2) is 0 Å². The number of hydrogen-bond donors (Lipinski definition) is 1. The van der Waals surface area contributed by atoms with Crippen molar-refractivity contribution in [3.63, 3.8) is 0 Å². The van der Waals surface area contributed by atoms with Gasteiger partial charge in [0.05, 0.1) is 0 Å². The van der Waals surface area contributed by atoms with E-state index in [9.17, 15) is 0 Å². The molecule has 1 rings (SSSR count). The van der Waals surface area contributed by atoms with E-state index in [-0.39, 0.29) is 0 Å². The molecule has 0 aromatic heterocycles. The van der Waals surface area contributed by atoms with E-state index < -0.39 is 0 Å². The zero-order valence-corrected chi connectivity index (χ0v) is 10.8. The molecule has 3 unspecified atom stereocenters. The van der Waals surface area contributed by atoms with E-state index >= 15 is 0 Å². The minimum Gasteiger partial charge on any atom is -0.385 e. The summed E-state index contributed by atoms with van der Waals surface area (Å²) < 4.78 is 5.12. The van der Waals surface area contributed by atoms with Crippen LogP contribution in [0.4, 0.5) is 0 Å². The van der Waals surface area contributed by atoms with E-state index in [1.807, 2.05) is 0 Å². The smallest absolute Gasteiger partial charge is 0.0476 e. The highest BCUT2D eigenvalue weighted by Gasteiger charge is 2.28. The van der Waals surface area contributed by atoms with E-state index in [4.69, 9.17) is 4.74 Å². The summed E-state index contributed by atoms with van der Waals surface area (Å²) in [6.07, 6.45) is 5.30. The van der Waals surface area contributed by atoms with Crippen molar-refractivity contribution in [1.82, 2.24) is 5.32 Å². The summed E-state index contributed by atoms with van der Waals surface area (Å²) in [5.41, 5.74) is 0. The molecule has 90 valence electrons. The van der Waals surface area contributed by atoms with Gasteiger partial charge in [0.15, 0.2) is 0 Å². The molecule has 0 saturated heterocycles. The van der Waals surface area contributed by atoms with Crippen LogP contribution in [0.1, 0.15) is 46.5 Å². The summed E-state index contributed by atoms with van der Waals surface area (Å²) in [6, 6.07) is 1.29. The Bertz CT molecular complexity index is 162. The van der Waals surface area contributed by atoms with E-state index in [1.54, 1.807) is 7.11 Å².